The molecule has 0 N–H and O–H groups in total. The highest BCUT2D eigenvalue weighted by Gasteiger charge is 2.19. The molecule has 0 aromatic heterocycles. The summed E-state index contributed by atoms with van der Waals surface area (Å²) in [7, 11) is 1.47. The number of esters is 1. The van der Waals surface area contributed by atoms with Crippen molar-refractivity contribution in [1.29, 1.82) is 0 Å². The number of hydrogen-bond donors (Lipinski definition) is 0. The molecule has 0 aliphatic carbocycles. The zero-order valence-corrected chi connectivity index (χ0v) is 8.88. The quantitative estimate of drug-likeness (QED) is 0.613. The first kappa shape index (κ1) is 10.3. The molecule has 4 heteroatoms. The fraction of sp³-hybridized carbons (Fsp3) is 0.875. The topological polar surface area (TPSA) is 26.3 Å². The highest BCUT2D eigenvalue weighted by molar-refractivity contribution is 8.15. The first-order valence-corrected chi connectivity index (χ1v) is 6.39. The van der Waals surface area contributed by atoms with Crippen molar-refractivity contribution in [2.24, 2.45) is 5.92 Å². The Labute approximate surface area is 81.8 Å². The molecule has 0 spiro atoms. The smallest absolute Gasteiger partial charge is 0.308 e. The van der Waals surface area contributed by atoms with Crippen LogP contribution in [0.15, 0.2) is 0 Å². The normalized spacial score (nSPS) is 21.1. The lowest BCUT2D eigenvalue weighted by Gasteiger charge is -2.16. The van der Waals surface area contributed by atoms with Crippen molar-refractivity contribution in [3.63, 3.8) is 0 Å². The molecule has 1 aliphatic rings. The fourth-order valence-electron chi connectivity index (χ4n) is 1.17. The molecule has 0 amide bonds. The molecule has 0 bridgehead atoms. The number of carbonyl (C=O) groups is 1. The van der Waals surface area contributed by atoms with Crippen LogP contribution in [0, 0.1) is 5.92 Å². The van der Waals surface area contributed by atoms with Crippen LogP contribution in [-0.4, -0.2) is 29.7 Å². The van der Waals surface area contributed by atoms with Gasteiger partial charge in [0.2, 0.25) is 0 Å². The average Bonchev–Trinajstić information content (AvgIpc) is 2.02. The molecule has 70 valence electrons. The largest absolute Gasteiger partial charge is 0.469 e. The Hall–Kier alpha value is 0.170. The van der Waals surface area contributed by atoms with Gasteiger partial charge in [-0.1, -0.05) is 0 Å². The predicted octanol–water partition coefficient (Wildman–Crippen LogP) is 1.99. The van der Waals surface area contributed by atoms with E-state index in [0.717, 1.165) is 24.3 Å². The Kier molecular flexibility index (Phi) is 4.92. The summed E-state index contributed by atoms with van der Waals surface area (Å²) in [6.07, 6.45) is 1.97. The van der Waals surface area contributed by atoms with E-state index < -0.39 is 0 Å². The van der Waals surface area contributed by atoms with Gasteiger partial charge in [-0.15, -0.1) is 0 Å². The van der Waals surface area contributed by atoms with Crippen molar-refractivity contribution >= 4 is 29.5 Å². The summed E-state index contributed by atoms with van der Waals surface area (Å²) < 4.78 is 4.73. The van der Waals surface area contributed by atoms with Gasteiger partial charge in [-0.3, -0.25) is 4.79 Å². The minimum atomic E-state index is -0.0295. The lowest BCUT2D eigenvalue weighted by atomic mass is 10.0. The molecule has 0 aromatic rings. The van der Waals surface area contributed by atoms with E-state index in [2.05, 4.69) is 0 Å². The van der Waals surface area contributed by atoms with E-state index in [1.54, 1.807) is 0 Å². The van der Waals surface area contributed by atoms with Gasteiger partial charge in [0.25, 0.3) is 0 Å². The summed E-state index contributed by atoms with van der Waals surface area (Å²) in [5.74, 6) is 2.30. The lowest BCUT2D eigenvalue weighted by Crippen LogP contribution is -2.18. The number of rotatable bonds is 1. The number of methoxy groups -OCH3 is 1. The van der Waals surface area contributed by atoms with Gasteiger partial charge < -0.3 is 4.74 Å². The van der Waals surface area contributed by atoms with Gasteiger partial charge >= 0.3 is 5.97 Å². The Morgan fingerprint density at radius 3 is 2.42 bits per heavy atom. The maximum atomic E-state index is 11.2. The van der Waals surface area contributed by atoms with Gasteiger partial charge in [0.15, 0.2) is 0 Å². The minimum Gasteiger partial charge on any atom is -0.469 e. The van der Waals surface area contributed by atoms with Crippen molar-refractivity contribution in [2.45, 2.75) is 12.8 Å². The molecule has 1 aliphatic heterocycles. The van der Waals surface area contributed by atoms with Gasteiger partial charge in [-0.05, 0) is 24.3 Å². The van der Waals surface area contributed by atoms with Crippen molar-refractivity contribution < 1.29 is 9.53 Å². The van der Waals surface area contributed by atoms with Crippen molar-refractivity contribution in [3.05, 3.63) is 0 Å². The zero-order valence-electron chi connectivity index (χ0n) is 7.25. The third-order valence-electron chi connectivity index (χ3n) is 1.92. The molecule has 0 aromatic carbocycles. The molecular formula is C8H14O2S2. The molecule has 0 atom stereocenters. The summed E-state index contributed by atoms with van der Waals surface area (Å²) in [5.41, 5.74) is 0. The maximum Gasteiger partial charge on any atom is 0.308 e. The summed E-state index contributed by atoms with van der Waals surface area (Å²) in [4.78, 5) is 11.2. The van der Waals surface area contributed by atoms with E-state index >= 15 is 0 Å². The molecule has 1 heterocycles. The van der Waals surface area contributed by atoms with Crippen LogP contribution < -0.4 is 0 Å². The molecule has 0 radical (unpaired) electrons. The van der Waals surface area contributed by atoms with Crippen LogP contribution >= 0.6 is 23.5 Å². The average molecular weight is 206 g/mol. The summed E-state index contributed by atoms with van der Waals surface area (Å²) >= 11 is 3.83. The summed E-state index contributed by atoms with van der Waals surface area (Å²) in [5, 5.41) is 1.17. The molecule has 0 saturated carbocycles. The van der Waals surface area contributed by atoms with Crippen LogP contribution in [0.25, 0.3) is 0 Å². The SMILES string of the molecule is COC(=O)C1CCSCSCC1. The van der Waals surface area contributed by atoms with E-state index in [-0.39, 0.29) is 11.9 Å². The van der Waals surface area contributed by atoms with E-state index in [0.29, 0.717) is 0 Å². The number of thioether (sulfide) groups is 2. The van der Waals surface area contributed by atoms with E-state index in [9.17, 15) is 4.79 Å². The monoisotopic (exact) mass is 206 g/mol. The molecule has 12 heavy (non-hydrogen) atoms. The molecule has 1 saturated heterocycles. The van der Waals surface area contributed by atoms with Gasteiger partial charge in [-0.2, -0.15) is 23.5 Å². The molecule has 1 rings (SSSR count). The van der Waals surface area contributed by atoms with Gasteiger partial charge in [-0.25, -0.2) is 0 Å². The van der Waals surface area contributed by atoms with Crippen LogP contribution in [0.2, 0.25) is 0 Å². The van der Waals surface area contributed by atoms with Crippen LogP contribution in [-0.2, 0) is 9.53 Å². The highest BCUT2D eigenvalue weighted by atomic mass is 32.2. The second kappa shape index (κ2) is 5.75. The number of carbonyl (C=O) groups excluding carboxylic acids is 1. The highest BCUT2D eigenvalue weighted by Crippen LogP contribution is 2.24. The first-order valence-electron chi connectivity index (χ1n) is 4.08. The second-order valence-corrected chi connectivity index (χ2v) is 5.31. The Balaban J connectivity index is 2.34. The third-order valence-corrected chi connectivity index (χ3v) is 4.30. The van der Waals surface area contributed by atoms with E-state index in [4.69, 9.17) is 4.74 Å². The van der Waals surface area contributed by atoms with Crippen LogP contribution in [0.4, 0.5) is 0 Å². The van der Waals surface area contributed by atoms with E-state index in [1.165, 1.54) is 12.2 Å². The number of hydrogen-bond acceptors (Lipinski definition) is 4. The summed E-state index contributed by atoms with van der Waals surface area (Å²) in [6, 6.07) is 0. The first-order chi connectivity index (χ1) is 5.84. The van der Waals surface area contributed by atoms with Crippen LogP contribution in [0.5, 0.6) is 0 Å². The van der Waals surface area contributed by atoms with Gasteiger partial charge in [0, 0.05) is 5.08 Å². The van der Waals surface area contributed by atoms with Gasteiger partial charge in [0.1, 0.15) is 0 Å². The standard InChI is InChI=1S/C8H14O2S2/c1-10-8(9)7-2-4-11-6-12-5-3-7/h7H,2-6H2,1H3. The Morgan fingerprint density at radius 2 is 1.92 bits per heavy atom. The van der Waals surface area contributed by atoms with Crippen molar-refractivity contribution in [2.75, 3.05) is 23.7 Å². The molecule has 0 unspecified atom stereocenters. The van der Waals surface area contributed by atoms with Crippen LogP contribution in [0.1, 0.15) is 12.8 Å². The summed E-state index contributed by atoms with van der Waals surface area (Å²) in [6.45, 7) is 0. The van der Waals surface area contributed by atoms with E-state index in [1.807, 2.05) is 23.5 Å². The Bertz CT molecular complexity index is 142. The molecular weight excluding hydrogens is 192 g/mol. The molecule has 2 nitrogen and oxygen atoms in total. The van der Waals surface area contributed by atoms with Crippen LogP contribution in [0.3, 0.4) is 0 Å². The van der Waals surface area contributed by atoms with Crippen molar-refractivity contribution in [3.8, 4) is 0 Å². The fourth-order valence-corrected chi connectivity index (χ4v) is 3.49. The second-order valence-electron chi connectivity index (χ2n) is 2.73. The van der Waals surface area contributed by atoms with Gasteiger partial charge in [0.05, 0.1) is 13.0 Å². The maximum absolute atomic E-state index is 11.2. The third kappa shape index (κ3) is 3.27. The number of ether oxygens (including phenoxy) is 1. The van der Waals surface area contributed by atoms with Crippen molar-refractivity contribution in [1.82, 2.24) is 0 Å². The molecule has 1 fully saturated rings. The predicted molar refractivity (Wildman–Crippen MR) is 54.5 cm³/mol. The lowest BCUT2D eigenvalue weighted by molar-refractivity contribution is -0.145. The Morgan fingerprint density at radius 1 is 1.33 bits per heavy atom. The zero-order chi connectivity index (χ0) is 8.81. The minimum absolute atomic E-state index is 0.0295.